The van der Waals surface area contributed by atoms with Gasteiger partial charge in [0.25, 0.3) is 0 Å². The average Bonchev–Trinajstić information content (AvgIpc) is 2.25. The van der Waals surface area contributed by atoms with Crippen LogP contribution in [0.4, 0.5) is 0 Å². The number of carbonyl (C=O) groups excluding carboxylic acids is 2. The van der Waals surface area contributed by atoms with E-state index in [4.69, 9.17) is 10.5 Å². The molecule has 0 aliphatic carbocycles. The lowest BCUT2D eigenvalue weighted by molar-refractivity contribution is -0.144. The predicted octanol–water partition coefficient (Wildman–Crippen LogP) is 0.279. The van der Waals surface area contributed by atoms with Crippen LogP contribution in [0.25, 0.3) is 0 Å². The first-order valence-electron chi connectivity index (χ1n) is 5.85. The molecular formula is C11H20N2O3. The summed E-state index contributed by atoms with van der Waals surface area (Å²) in [5.41, 5.74) is 5.67. The summed E-state index contributed by atoms with van der Waals surface area (Å²) in [5.74, 6) is -0.189. The number of esters is 1. The minimum atomic E-state index is -0.351. The first-order valence-corrected chi connectivity index (χ1v) is 5.85. The second-order valence-corrected chi connectivity index (χ2v) is 3.98. The zero-order chi connectivity index (χ0) is 12.0. The summed E-state index contributed by atoms with van der Waals surface area (Å²) in [5, 5.41) is 0. The molecule has 1 aliphatic rings. The molecule has 0 aromatic heterocycles. The lowest BCUT2D eigenvalue weighted by Crippen LogP contribution is -2.48. The molecule has 0 spiro atoms. The Morgan fingerprint density at radius 2 is 2.38 bits per heavy atom. The molecular weight excluding hydrogens is 208 g/mol. The summed E-state index contributed by atoms with van der Waals surface area (Å²) in [4.78, 5) is 24.4. The molecule has 1 saturated heterocycles. The van der Waals surface area contributed by atoms with Crippen molar-refractivity contribution in [3.05, 3.63) is 0 Å². The van der Waals surface area contributed by atoms with Crippen LogP contribution in [0.15, 0.2) is 0 Å². The Morgan fingerprint density at radius 3 is 3.06 bits per heavy atom. The zero-order valence-electron chi connectivity index (χ0n) is 9.78. The Bertz CT molecular complexity index is 256. The number of ether oxygens (including phenoxy) is 1. The third-order valence-electron chi connectivity index (χ3n) is 2.69. The molecule has 0 aromatic rings. The Hall–Kier alpha value is -1.10. The third kappa shape index (κ3) is 3.81. The summed E-state index contributed by atoms with van der Waals surface area (Å²) < 4.78 is 4.81. The van der Waals surface area contributed by atoms with Crippen molar-refractivity contribution < 1.29 is 14.3 Å². The van der Waals surface area contributed by atoms with Crippen molar-refractivity contribution >= 4 is 11.9 Å². The highest BCUT2D eigenvalue weighted by atomic mass is 16.5. The Morgan fingerprint density at radius 1 is 1.62 bits per heavy atom. The molecule has 5 heteroatoms. The van der Waals surface area contributed by atoms with Gasteiger partial charge in [-0.1, -0.05) is 0 Å². The minimum absolute atomic E-state index is 0.00936. The van der Waals surface area contributed by atoms with Crippen LogP contribution in [-0.4, -0.2) is 42.5 Å². The zero-order valence-corrected chi connectivity index (χ0v) is 9.78. The molecule has 1 rings (SSSR count). The maximum absolute atomic E-state index is 11.6. The molecule has 1 unspecified atom stereocenters. The van der Waals surface area contributed by atoms with Gasteiger partial charge in [-0.05, 0) is 26.2 Å². The van der Waals surface area contributed by atoms with Gasteiger partial charge in [-0.25, -0.2) is 0 Å². The molecule has 0 saturated carbocycles. The van der Waals surface area contributed by atoms with E-state index < -0.39 is 0 Å². The van der Waals surface area contributed by atoms with E-state index in [-0.39, 0.29) is 17.9 Å². The number of nitrogens with zero attached hydrogens (tertiary/aromatic N) is 1. The quantitative estimate of drug-likeness (QED) is 0.686. The predicted molar refractivity (Wildman–Crippen MR) is 59.7 cm³/mol. The van der Waals surface area contributed by atoms with Gasteiger partial charge in [-0.15, -0.1) is 0 Å². The van der Waals surface area contributed by atoms with Crippen LogP contribution in [0.3, 0.4) is 0 Å². The fourth-order valence-corrected chi connectivity index (χ4v) is 1.84. The van der Waals surface area contributed by atoms with E-state index in [9.17, 15) is 9.59 Å². The van der Waals surface area contributed by atoms with E-state index in [0.29, 0.717) is 26.0 Å². The fourth-order valence-electron chi connectivity index (χ4n) is 1.84. The van der Waals surface area contributed by atoms with Crippen molar-refractivity contribution in [2.45, 2.75) is 38.6 Å². The highest BCUT2D eigenvalue weighted by Gasteiger charge is 2.24. The lowest BCUT2D eigenvalue weighted by atomic mass is 10.1. The van der Waals surface area contributed by atoms with Gasteiger partial charge >= 0.3 is 5.97 Å². The number of rotatable bonds is 5. The summed E-state index contributed by atoms with van der Waals surface area (Å²) in [6.45, 7) is 3.55. The number of hydrogen-bond donors (Lipinski definition) is 1. The van der Waals surface area contributed by atoms with Crippen molar-refractivity contribution in [3.8, 4) is 0 Å². The Balaban J connectivity index is 2.21. The lowest BCUT2D eigenvalue weighted by Gasteiger charge is -2.30. The molecule has 5 nitrogen and oxygen atoms in total. The SMILES string of the molecule is CCOC(=O)CCCN1CCCC(N)C1=O. The van der Waals surface area contributed by atoms with Gasteiger partial charge in [0.15, 0.2) is 0 Å². The molecule has 0 bridgehead atoms. The van der Waals surface area contributed by atoms with E-state index in [0.717, 1.165) is 19.4 Å². The number of likely N-dealkylation sites (tertiary alicyclic amines) is 1. The first kappa shape index (κ1) is 13.0. The molecule has 1 aliphatic heterocycles. The van der Waals surface area contributed by atoms with Crippen LogP contribution in [0.2, 0.25) is 0 Å². The number of piperidine rings is 1. The Labute approximate surface area is 95.9 Å². The number of amides is 1. The molecule has 1 heterocycles. The average molecular weight is 228 g/mol. The number of hydrogen-bond acceptors (Lipinski definition) is 4. The summed E-state index contributed by atoms with van der Waals surface area (Å²) >= 11 is 0. The standard InChI is InChI=1S/C11H20N2O3/c1-2-16-10(14)6-4-8-13-7-3-5-9(12)11(13)15/h9H,2-8,12H2,1H3. The van der Waals surface area contributed by atoms with Crippen LogP contribution < -0.4 is 5.73 Å². The van der Waals surface area contributed by atoms with E-state index in [2.05, 4.69) is 0 Å². The van der Waals surface area contributed by atoms with Gasteiger partial charge in [0.2, 0.25) is 5.91 Å². The van der Waals surface area contributed by atoms with Crippen molar-refractivity contribution in [2.75, 3.05) is 19.7 Å². The molecule has 1 fully saturated rings. The van der Waals surface area contributed by atoms with E-state index >= 15 is 0 Å². The molecule has 0 aromatic carbocycles. The van der Waals surface area contributed by atoms with E-state index in [1.165, 1.54) is 0 Å². The minimum Gasteiger partial charge on any atom is -0.466 e. The number of carbonyl (C=O) groups is 2. The van der Waals surface area contributed by atoms with Gasteiger partial charge < -0.3 is 15.4 Å². The van der Waals surface area contributed by atoms with Gasteiger partial charge in [0.1, 0.15) is 0 Å². The smallest absolute Gasteiger partial charge is 0.305 e. The summed E-state index contributed by atoms with van der Waals surface area (Å²) in [7, 11) is 0. The highest BCUT2D eigenvalue weighted by molar-refractivity contribution is 5.82. The first-order chi connectivity index (χ1) is 7.65. The van der Waals surface area contributed by atoms with Crippen LogP contribution in [0.1, 0.15) is 32.6 Å². The molecule has 16 heavy (non-hydrogen) atoms. The Kier molecular flexibility index (Phi) is 5.25. The van der Waals surface area contributed by atoms with Gasteiger partial charge in [0, 0.05) is 19.5 Å². The van der Waals surface area contributed by atoms with Crippen LogP contribution in [0.5, 0.6) is 0 Å². The van der Waals surface area contributed by atoms with E-state index in [1.807, 2.05) is 0 Å². The van der Waals surface area contributed by atoms with Gasteiger partial charge in [0.05, 0.1) is 12.6 Å². The van der Waals surface area contributed by atoms with Crippen LogP contribution >= 0.6 is 0 Å². The van der Waals surface area contributed by atoms with Crippen molar-refractivity contribution in [3.63, 3.8) is 0 Å². The number of nitrogens with two attached hydrogens (primary N) is 1. The second-order valence-electron chi connectivity index (χ2n) is 3.98. The van der Waals surface area contributed by atoms with Crippen molar-refractivity contribution in [2.24, 2.45) is 5.73 Å². The van der Waals surface area contributed by atoms with E-state index in [1.54, 1.807) is 11.8 Å². The van der Waals surface area contributed by atoms with Crippen LogP contribution in [0, 0.1) is 0 Å². The molecule has 0 radical (unpaired) electrons. The second kappa shape index (κ2) is 6.48. The summed E-state index contributed by atoms with van der Waals surface area (Å²) in [6.07, 6.45) is 2.74. The summed E-state index contributed by atoms with van der Waals surface area (Å²) in [6, 6.07) is -0.351. The van der Waals surface area contributed by atoms with Crippen LogP contribution in [-0.2, 0) is 14.3 Å². The molecule has 1 atom stereocenters. The fraction of sp³-hybridized carbons (Fsp3) is 0.818. The maximum atomic E-state index is 11.6. The van der Waals surface area contributed by atoms with Crippen molar-refractivity contribution in [1.29, 1.82) is 0 Å². The maximum Gasteiger partial charge on any atom is 0.305 e. The molecule has 1 amide bonds. The largest absolute Gasteiger partial charge is 0.466 e. The molecule has 2 N–H and O–H groups in total. The monoisotopic (exact) mass is 228 g/mol. The van der Waals surface area contributed by atoms with Crippen molar-refractivity contribution in [1.82, 2.24) is 4.90 Å². The third-order valence-corrected chi connectivity index (χ3v) is 2.69. The normalized spacial score (nSPS) is 21.0. The van der Waals surface area contributed by atoms with Gasteiger partial charge in [-0.2, -0.15) is 0 Å². The van der Waals surface area contributed by atoms with Gasteiger partial charge in [-0.3, -0.25) is 9.59 Å². The highest BCUT2D eigenvalue weighted by Crippen LogP contribution is 2.10. The topological polar surface area (TPSA) is 72.6 Å². The molecule has 92 valence electrons.